The normalized spacial score (nSPS) is 11.1. The monoisotopic (exact) mass is 454 g/mol. The molecule has 0 amide bonds. The van der Waals surface area contributed by atoms with Crippen LogP contribution in [0.2, 0.25) is 0 Å². The highest BCUT2D eigenvalue weighted by Crippen LogP contribution is 2.38. The maximum Gasteiger partial charge on any atom is 0.223 e. The lowest BCUT2D eigenvalue weighted by atomic mass is 9.96. The molecule has 0 saturated carbocycles. The van der Waals surface area contributed by atoms with Crippen LogP contribution in [0.4, 0.5) is 5.95 Å². The van der Waals surface area contributed by atoms with Crippen LogP contribution in [-0.4, -0.2) is 29.5 Å². The third-order valence-corrected chi connectivity index (χ3v) is 5.80. The van der Waals surface area contributed by atoms with Gasteiger partial charge in [0, 0.05) is 29.0 Å². The lowest BCUT2D eigenvalue weighted by Crippen LogP contribution is -2.06. The summed E-state index contributed by atoms with van der Waals surface area (Å²) in [6.45, 7) is 0. The summed E-state index contributed by atoms with van der Waals surface area (Å²) in [5.74, 6) is 0.791. The predicted molar refractivity (Wildman–Crippen MR) is 133 cm³/mol. The Morgan fingerprint density at radius 1 is 0.886 bits per heavy atom. The number of nitrogens with zero attached hydrogens (tertiary/aromatic N) is 7. The number of fused-ring (bicyclic) bond motifs is 2. The average molecular weight is 454 g/mol. The van der Waals surface area contributed by atoms with Crippen LogP contribution in [0.1, 0.15) is 17.1 Å². The maximum atomic E-state index is 9.47. The maximum absolute atomic E-state index is 9.47. The molecule has 6 aromatic rings. The second-order valence-electron chi connectivity index (χ2n) is 8.02. The Balaban J connectivity index is 1.67. The third kappa shape index (κ3) is 3.61. The highest BCUT2D eigenvalue weighted by molar-refractivity contribution is 6.02. The van der Waals surface area contributed by atoms with Crippen LogP contribution in [0.3, 0.4) is 0 Å². The van der Waals surface area contributed by atoms with Crippen LogP contribution in [-0.2, 0) is 6.42 Å². The van der Waals surface area contributed by atoms with Crippen LogP contribution in [0, 0.1) is 11.3 Å². The fourth-order valence-corrected chi connectivity index (χ4v) is 4.25. The van der Waals surface area contributed by atoms with Crippen molar-refractivity contribution in [2.45, 2.75) is 6.42 Å². The first-order chi connectivity index (χ1) is 17.2. The van der Waals surface area contributed by atoms with E-state index in [-0.39, 0.29) is 5.95 Å². The first-order valence-electron chi connectivity index (χ1n) is 11.0. The summed E-state index contributed by atoms with van der Waals surface area (Å²) in [6.07, 6.45) is 3.97. The molecule has 35 heavy (non-hydrogen) atoms. The van der Waals surface area contributed by atoms with Gasteiger partial charge in [-0.2, -0.15) is 9.78 Å². The highest BCUT2D eigenvalue weighted by atomic mass is 15.3. The van der Waals surface area contributed by atoms with E-state index in [1.165, 1.54) is 0 Å². The van der Waals surface area contributed by atoms with Gasteiger partial charge in [-0.05, 0) is 42.0 Å². The van der Waals surface area contributed by atoms with Gasteiger partial charge in [0.25, 0.3) is 0 Å². The fourth-order valence-electron chi connectivity index (χ4n) is 4.25. The largest absolute Gasteiger partial charge is 0.368 e. The summed E-state index contributed by atoms with van der Waals surface area (Å²) in [5, 5.41) is 15.1. The Labute approximate surface area is 200 Å². The zero-order valence-corrected chi connectivity index (χ0v) is 18.5. The number of anilines is 1. The second kappa shape index (κ2) is 8.32. The summed E-state index contributed by atoms with van der Waals surface area (Å²) < 4.78 is 1.57. The third-order valence-electron chi connectivity index (χ3n) is 5.80. The van der Waals surface area contributed by atoms with Crippen LogP contribution in [0.5, 0.6) is 0 Å². The highest BCUT2D eigenvalue weighted by Gasteiger charge is 2.22. The zero-order chi connectivity index (χ0) is 23.8. The molecule has 0 unspecified atom stereocenters. The lowest BCUT2D eigenvalue weighted by Gasteiger charge is -2.14. The van der Waals surface area contributed by atoms with Crippen molar-refractivity contribution in [3.05, 3.63) is 102 Å². The molecular weight excluding hydrogens is 436 g/mol. The lowest BCUT2D eigenvalue weighted by molar-refractivity contribution is 0.880. The molecule has 4 aromatic heterocycles. The number of benzene rings is 2. The smallest absolute Gasteiger partial charge is 0.223 e. The van der Waals surface area contributed by atoms with E-state index in [4.69, 9.17) is 15.7 Å². The van der Waals surface area contributed by atoms with Gasteiger partial charge < -0.3 is 5.73 Å². The van der Waals surface area contributed by atoms with Crippen molar-refractivity contribution in [2.75, 3.05) is 5.73 Å². The van der Waals surface area contributed by atoms with Crippen molar-refractivity contribution >= 4 is 22.5 Å². The molecule has 0 spiro atoms. The molecule has 4 heterocycles. The zero-order valence-electron chi connectivity index (χ0n) is 18.5. The van der Waals surface area contributed by atoms with E-state index in [0.29, 0.717) is 29.1 Å². The predicted octanol–water partition coefficient (Wildman–Crippen LogP) is 4.45. The number of nitrogens with two attached hydrogens (primary N) is 1. The van der Waals surface area contributed by atoms with Crippen molar-refractivity contribution in [3.8, 4) is 28.5 Å². The standard InChI is InChI=1S/C27H18N8/c28-16-17-6-3-7-18(14-17)25-24(21-9-4-11-22-20(21)10-5-13-31-22)26-32-23(34-35(26)27(29)33-25)15-19-8-1-2-12-30-19/h1-14H,15H2,(H2,29,33). The minimum atomic E-state index is 0.208. The molecule has 2 aromatic carbocycles. The van der Waals surface area contributed by atoms with Gasteiger partial charge in [-0.15, -0.1) is 5.10 Å². The minimum absolute atomic E-state index is 0.208. The van der Waals surface area contributed by atoms with Crippen LogP contribution in [0.25, 0.3) is 38.9 Å². The van der Waals surface area contributed by atoms with E-state index in [9.17, 15) is 5.26 Å². The Morgan fingerprint density at radius 3 is 2.63 bits per heavy atom. The molecule has 0 fully saturated rings. The number of aromatic nitrogens is 6. The van der Waals surface area contributed by atoms with Crippen molar-refractivity contribution in [2.24, 2.45) is 0 Å². The van der Waals surface area contributed by atoms with Crippen molar-refractivity contribution in [1.82, 2.24) is 29.5 Å². The van der Waals surface area contributed by atoms with E-state index in [1.54, 1.807) is 29.0 Å². The van der Waals surface area contributed by atoms with E-state index in [0.717, 1.165) is 33.3 Å². The summed E-state index contributed by atoms with van der Waals surface area (Å²) in [5.41, 5.74) is 12.3. The Kier molecular flexibility index (Phi) is 4.86. The molecule has 0 aliphatic heterocycles. The van der Waals surface area contributed by atoms with Gasteiger partial charge in [-0.1, -0.05) is 36.4 Å². The van der Waals surface area contributed by atoms with Gasteiger partial charge >= 0.3 is 0 Å². The number of nitrogen functional groups attached to an aromatic ring is 1. The van der Waals surface area contributed by atoms with Gasteiger partial charge in [0.05, 0.1) is 34.8 Å². The molecule has 0 saturated heterocycles. The number of rotatable bonds is 4. The topological polar surface area (TPSA) is 119 Å². The average Bonchev–Trinajstić information content (AvgIpc) is 3.33. The van der Waals surface area contributed by atoms with E-state index >= 15 is 0 Å². The summed E-state index contributed by atoms with van der Waals surface area (Å²) >= 11 is 0. The summed E-state index contributed by atoms with van der Waals surface area (Å²) in [7, 11) is 0. The molecule has 2 N–H and O–H groups in total. The summed E-state index contributed by atoms with van der Waals surface area (Å²) in [4.78, 5) is 18.5. The number of nitriles is 1. The van der Waals surface area contributed by atoms with E-state index in [2.05, 4.69) is 21.1 Å². The quantitative estimate of drug-likeness (QED) is 0.418. The fraction of sp³-hybridized carbons (Fsp3) is 0.0370. The van der Waals surface area contributed by atoms with Gasteiger partial charge in [-0.25, -0.2) is 9.97 Å². The second-order valence-corrected chi connectivity index (χ2v) is 8.02. The summed E-state index contributed by atoms with van der Waals surface area (Å²) in [6, 6.07) is 25.1. The Morgan fingerprint density at radius 2 is 1.77 bits per heavy atom. The van der Waals surface area contributed by atoms with Gasteiger partial charge in [0.15, 0.2) is 11.5 Å². The van der Waals surface area contributed by atoms with Gasteiger partial charge in [-0.3, -0.25) is 9.97 Å². The van der Waals surface area contributed by atoms with Crippen LogP contribution < -0.4 is 5.73 Å². The van der Waals surface area contributed by atoms with Crippen molar-refractivity contribution < 1.29 is 0 Å². The molecule has 0 aliphatic rings. The molecule has 8 nitrogen and oxygen atoms in total. The Bertz CT molecular complexity index is 1740. The first-order valence-corrected chi connectivity index (χ1v) is 11.0. The van der Waals surface area contributed by atoms with Gasteiger partial charge in [0.2, 0.25) is 5.95 Å². The van der Waals surface area contributed by atoms with Crippen LogP contribution >= 0.6 is 0 Å². The minimum Gasteiger partial charge on any atom is -0.368 e. The van der Waals surface area contributed by atoms with Crippen molar-refractivity contribution in [3.63, 3.8) is 0 Å². The molecular formula is C27H18N8. The molecule has 0 atom stereocenters. The SMILES string of the molecule is N#Cc1cccc(-c2nc(N)n3nc(Cc4ccccn4)nc3c2-c2cccc3ncccc23)c1. The van der Waals surface area contributed by atoms with Crippen molar-refractivity contribution in [1.29, 1.82) is 5.26 Å². The van der Waals surface area contributed by atoms with E-state index in [1.807, 2.05) is 60.7 Å². The molecule has 0 aliphatic carbocycles. The molecule has 8 heteroatoms. The molecule has 0 bridgehead atoms. The number of hydrogen-bond donors (Lipinski definition) is 1. The molecule has 6 rings (SSSR count). The number of hydrogen-bond acceptors (Lipinski definition) is 7. The first kappa shape index (κ1) is 20.4. The van der Waals surface area contributed by atoms with Gasteiger partial charge in [0.1, 0.15) is 0 Å². The van der Waals surface area contributed by atoms with Crippen LogP contribution in [0.15, 0.2) is 85.2 Å². The molecule has 0 radical (unpaired) electrons. The Hall–Kier alpha value is -5.16. The molecule has 166 valence electrons. The van der Waals surface area contributed by atoms with E-state index < -0.39 is 0 Å². The number of pyridine rings is 2.